The van der Waals surface area contributed by atoms with Gasteiger partial charge in [0.15, 0.2) is 11.5 Å². The average molecular weight is 488 g/mol. The number of amides is 1. The number of nitrogens with one attached hydrogen (secondary N) is 1. The third-order valence-corrected chi connectivity index (χ3v) is 5.23. The van der Waals surface area contributed by atoms with Gasteiger partial charge in [-0.1, -0.05) is 47.5 Å². The quantitative estimate of drug-likeness (QED) is 0.340. The van der Waals surface area contributed by atoms with E-state index in [1.807, 2.05) is 49.4 Å². The van der Waals surface area contributed by atoms with Gasteiger partial charge >= 0.3 is 0 Å². The van der Waals surface area contributed by atoms with Crippen LogP contribution in [0.25, 0.3) is 0 Å². The van der Waals surface area contributed by atoms with Crippen molar-refractivity contribution in [2.45, 2.75) is 13.5 Å². The number of ether oxygens (including phenoxy) is 2. The Labute approximate surface area is 188 Å². The lowest BCUT2D eigenvalue weighted by Crippen LogP contribution is -2.17. The summed E-state index contributed by atoms with van der Waals surface area (Å²) in [5, 5.41) is 4.67. The normalized spacial score (nSPS) is 10.8. The molecule has 0 aromatic heterocycles. The summed E-state index contributed by atoms with van der Waals surface area (Å²) in [6.07, 6.45) is 1.54. The number of carbonyl (C=O) groups excluding carboxylic acids is 1. The highest BCUT2D eigenvalue weighted by atomic mass is 79.9. The number of carbonyl (C=O) groups is 1. The Morgan fingerprint density at radius 1 is 1.17 bits per heavy atom. The second-order valence-corrected chi connectivity index (χ2v) is 7.74. The summed E-state index contributed by atoms with van der Waals surface area (Å²) in [5.74, 6) is 0.804. The SMILES string of the molecule is COc1cc(/C=N\NC(=O)c2ccc(C)cc2)cc(Br)c1OCc1ccccc1Cl. The summed E-state index contributed by atoms with van der Waals surface area (Å²) in [6, 6.07) is 18.4. The summed E-state index contributed by atoms with van der Waals surface area (Å²) in [5.41, 5.74) is 5.75. The van der Waals surface area contributed by atoms with Gasteiger partial charge in [-0.2, -0.15) is 5.10 Å². The van der Waals surface area contributed by atoms with Crippen molar-refractivity contribution < 1.29 is 14.3 Å². The molecule has 0 aliphatic heterocycles. The van der Waals surface area contributed by atoms with Gasteiger partial charge in [-0.25, -0.2) is 5.43 Å². The van der Waals surface area contributed by atoms with Gasteiger partial charge in [0.25, 0.3) is 5.91 Å². The third kappa shape index (κ3) is 5.62. The Hall–Kier alpha value is -2.83. The van der Waals surface area contributed by atoms with Gasteiger partial charge in [-0.05, 0) is 58.7 Å². The largest absolute Gasteiger partial charge is 0.493 e. The Balaban J connectivity index is 1.70. The molecule has 0 fully saturated rings. The van der Waals surface area contributed by atoms with Gasteiger partial charge in [0, 0.05) is 16.1 Å². The summed E-state index contributed by atoms with van der Waals surface area (Å²) < 4.78 is 12.1. The first kappa shape index (κ1) is 21.9. The number of methoxy groups -OCH3 is 1. The van der Waals surface area contributed by atoms with E-state index in [9.17, 15) is 4.79 Å². The van der Waals surface area contributed by atoms with Gasteiger partial charge in [0.2, 0.25) is 0 Å². The van der Waals surface area contributed by atoms with Crippen molar-refractivity contribution in [3.63, 3.8) is 0 Å². The van der Waals surface area contributed by atoms with Crippen molar-refractivity contribution in [2.24, 2.45) is 5.10 Å². The van der Waals surface area contributed by atoms with E-state index in [2.05, 4.69) is 26.5 Å². The Kier molecular flexibility index (Phi) is 7.49. The maximum atomic E-state index is 12.1. The zero-order chi connectivity index (χ0) is 21.5. The number of hydrogen-bond acceptors (Lipinski definition) is 4. The van der Waals surface area contributed by atoms with E-state index in [-0.39, 0.29) is 5.91 Å². The molecular formula is C23H20BrClN2O3. The molecule has 0 saturated carbocycles. The highest BCUT2D eigenvalue weighted by molar-refractivity contribution is 9.10. The van der Waals surface area contributed by atoms with Crippen LogP contribution in [-0.4, -0.2) is 19.2 Å². The molecule has 3 aromatic carbocycles. The molecule has 0 radical (unpaired) electrons. The van der Waals surface area contributed by atoms with Crippen molar-refractivity contribution >= 4 is 39.7 Å². The molecule has 3 aromatic rings. The Bertz CT molecular complexity index is 1070. The summed E-state index contributed by atoms with van der Waals surface area (Å²) in [6.45, 7) is 2.27. The van der Waals surface area contributed by atoms with Gasteiger partial charge in [0.1, 0.15) is 6.61 Å². The molecule has 0 unspecified atom stereocenters. The minimum absolute atomic E-state index is 0.281. The molecule has 0 aliphatic carbocycles. The predicted molar refractivity (Wildman–Crippen MR) is 123 cm³/mol. The molecule has 0 spiro atoms. The van der Waals surface area contributed by atoms with E-state index in [0.717, 1.165) is 16.7 Å². The molecule has 154 valence electrons. The maximum Gasteiger partial charge on any atom is 0.271 e. The molecule has 7 heteroatoms. The molecule has 1 amide bonds. The van der Waals surface area contributed by atoms with Gasteiger partial charge in [-0.15, -0.1) is 0 Å². The number of halogens is 2. The van der Waals surface area contributed by atoms with Crippen molar-refractivity contribution in [3.8, 4) is 11.5 Å². The highest BCUT2D eigenvalue weighted by Crippen LogP contribution is 2.37. The topological polar surface area (TPSA) is 59.9 Å². The number of nitrogens with zero attached hydrogens (tertiary/aromatic N) is 1. The lowest BCUT2D eigenvalue weighted by atomic mass is 10.1. The van der Waals surface area contributed by atoms with Crippen LogP contribution in [-0.2, 0) is 6.61 Å². The Morgan fingerprint density at radius 3 is 2.60 bits per heavy atom. The number of benzene rings is 3. The fourth-order valence-corrected chi connectivity index (χ4v) is 3.42. The van der Waals surface area contributed by atoms with E-state index >= 15 is 0 Å². The van der Waals surface area contributed by atoms with E-state index in [4.69, 9.17) is 21.1 Å². The van der Waals surface area contributed by atoms with Crippen LogP contribution in [0, 0.1) is 6.92 Å². The van der Waals surface area contributed by atoms with Crippen molar-refractivity contribution in [2.75, 3.05) is 7.11 Å². The molecule has 0 heterocycles. The molecular weight excluding hydrogens is 468 g/mol. The molecule has 0 bridgehead atoms. The van der Waals surface area contributed by atoms with Crippen LogP contribution in [0.15, 0.2) is 70.2 Å². The van der Waals surface area contributed by atoms with Crippen molar-refractivity contribution in [3.05, 3.63) is 92.4 Å². The fraction of sp³-hybridized carbons (Fsp3) is 0.130. The van der Waals surface area contributed by atoms with Gasteiger partial charge in [-0.3, -0.25) is 4.79 Å². The summed E-state index contributed by atoms with van der Waals surface area (Å²) >= 11 is 9.70. The molecule has 3 rings (SSSR count). The van der Waals surface area contributed by atoms with Crippen LogP contribution in [0.4, 0.5) is 0 Å². The number of hydrazone groups is 1. The molecule has 0 saturated heterocycles. The zero-order valence-corrected chi connectivity index (χ0v) is 18.8. The third-order valence-electron chi connectivity index (χ3n) is 4.28. The van der Waals surface area contributed by atoms with Crippen LogP contribution >= 0.6 is 27.5 Å². The number of rotatable bonds is 7. The van der Waals surface area contributed by atoms with E-state index in [0.29, 0.717) is 33.2 Å². The van der Waals surface area contributed by atoms with Crippen LogP contribution in [0.2, 0.25) is 5.02 Å². The average Bonchev–Trinajstić information content (AvgIpc) is 2.74. The maximum absolute atomic E-state index is 12.1. The fourth-order valence-electron chi connectivity index (χ4n) is 2.65. The minimum atomic E-state index is -0.281. The molecule has 5 nitrogen and oxygen atoms in total. The first-order valence-corrected chi connectivity index (χ1v) is 10.3. The van der Waals surface area contributed by atoms with Gasteiger partial charge < -0.3 is 9.47 Å². The van der Waals surface area contributed by atoms with E-state index in [1.54, 1.807) is 25.3 Å². The smallest absolute Gasteiger partial charge is 0.271 e. The lowest BCUT2D eigenvalue weighted by Gasteiger charge is -2.14. The van der Waals surface area contributed by atoms with Crippen molar-refractivity contribution in [1.29, 1.82) is 0 Å². The second kappa shape index (κ2) is 10.3. The lowest BCUT2D eigenvalue weighted by molar-refractivity contribution is 0.0955. The molecule has 30 heavy (non-hydrogen) atoms. The number of aryl methyl sites for hydroxylation is 1. The Morgan fingerprint density at radius 2 is 1.90 bits per heavy atom. The van der Waals surface area contributed by atoms with E-state index in [1.165, 1.54) is 6.21 Å². The first-order chi connectivity index (χ1) is 14.5. The van der Waals surface area contributed by atoms with E-state index < -0.39 is 0 Å². The second-order valence-electron chi connectivity index (χ2n) is 6.48. The number of hydrogen-bond donors (Lipinski definition) is 1. The monoisotopic (exact) mass is 486 g/mol. The van der Waals surface area contributed by atoms with Crippen LogP contribution in [0.3, 0.4) is 0 Å². The molecule has 0 aliphatic rings. The standard InChI is InChI=1S/C23H20BrClN2O3/c1-15-7-9-17(10-8-15)23(28)27-26-13-16-11-19(24)22(21(12-16)29-2)30-14-18-5-3-4-6-20(18)25/h3-13H,14H2,1-2H3,(H,27,28)/b26-13-. The van der Waals surface area contributed by atoms with Gasteiger partial charge in [0.05, 0.1) is 17.8 Å². The zero-order valence-electron chi connectivity index (χ0n) is 16.5. The van der Waals surface area contributed by atoms with Crippen LogP contribution in [0.1, 0.15) is 27.0 Å². The van der Waals surface area contributed by atoms with Crippen LogP contribution in [0.5, 0.6) is 11.5 Å². The van der Waals surface area contributed by atoms with Crippen molar-refractivity contribution in [1.82, 2.24) is 5.43 Å². The predicted octanol–water partition coefficient (Wildman–Crippen LogP) is 5.76. The first-order valence-electron chi connectivity index (χ1n) is 9.11. The summed E-state index contributed by atoms with van der Waals surface area (Å²) in [4.78, 5) is 12.1. The molecule has 1 N–H and O–H groups in total. The highest BCUT2D eigenvalue weighted by Gasteiger charge is 2.12. The minimum Gasteiger partial charge on any atom is -0.493 e. The summed E-state index contributed by atoms with van der Waals surface area (Å²) in [7, 11) is 1.56. The molecule has 0 atom stereocenters. The van der Waals surface area contributed by atoms with Crippen LogP contribution < -0.4 is 14.9 Å².